The summed E-state index contributed by atoms with van der Waals surface area (Å²) in [5.74, 6) is 0. The van der Waals surface area contributed by atoms with Crippen LogP contribution in [0.3, 0.4) is 0 Å². The molecule has 0 unspecified atom stereocenters. The van der Waals surface area contributed by atoms with Crippen molar-refractivity contribution in [2.24, 2.45) is 0 Å². The maximum absolute atomic E-state index is 2.44. The van der Waals surface area contributed by atoms with E-state index in [1.807, 2.05) is 0 Å². The molecule has 0 N–H and O–H groups in total. The summed E-state index contributed by atoms with van der Waals surface area (Å²) < 4.78 is 0. The van der Waals surface area contributed by atoms with Gasteiger partial charge in [0.25, 0.3) is 0 Å². The molecule has 41 heavy (non-hydrogen) atoms. The van der Waals surface area contributed by atoms with E-state index >= 15 is 0 Å². The Morgan fingerprint density at radius 3 is 1.88 bits per heavy atom. The quantitative estimate of drug-likeness (QED) is 0.208. The van der Waals surface area contributed by atoms with Crippen molar-refractivity contribution in [3.8, 4) is 11.1 Å². The van der Waals surface area contributed by atoms with Crippen LogP contribution in [0.2, 0.25) is 0 Å². The molecule has 0 atom stereocenters. The summed E-state index contributed by atoms with van der Waals surface area (Å²) >= 11 is 0. The number of rotatable bonds is 4. The van der Waals surface area contributed by atoms with Gasteiger partial charge in [0, 0.05) is 16.6 Å². The fraction of sp³-hybridized carbons (Fsp3) is 0. The van der Waals surface area contributed by atoms with Crippen LogP contribution in [0.4, 0.5) is 17.1 Å². The molecule has 0 aliphatic carbocycles. The minimum Gasteiger partial charge on any atom is -0.309 e. The van der Waals surface area contributed by atoms with Gasteiger partial charge in [-0.1, -0.05) is 140 Å². The first kappa shape index (κ1) is 23.5. The summed E-state index contributed by atoms with van der Waals surface area (Å²) in [6, 6.07) is 59.3. The van der Waals surface area contributed by atoms with Gasteiger partial charge >= 0.3 is 0 Å². The molecular formula is C40H27N. The molecule has 1 nitrogen and oxygen atoms in total. The second-order valence-corrected chi connectivity index (χ2v) is 10.6. The van der Waals surface area contributed by atoms with E-state index in [1.165, 1.54) is 54.2 Å². The van der Waals surface area contributed by atoms with Crippen LogP contribution in [0.5, 0.6) is 0 Å². The van der Waals surface area contributed by atoms with Gasteiger partial charge in [0.1, 0.15) is 0 Å². The van der Waals surface area contributed by atoms with Crippen LogP contribution in [-0.2, 0) is 0 Å². The largest absolute Gasteiger partial charge is 0.309 e. The number of nitrogens with zero attached hydrogens (tertiary/aromatic N) is 1. The molecule has 0 saturated carbocycles. The van der Waals surface area contributed by atoms with Crippen molar-refractivity contribution in [1.82, 2.24) is 0 Å². The molecule has 8 aromatic carbocycles. The molecule has 0 fully saturated rings. The van der Waals surface area contributed by atoms with Crippen LogP contribution in [0.1, 0.15) is 0 Å². The van der Waals surface area contributed by atoms with Gasteiger partial charge < -0.3 is 4.90 Å². The maximum atomic E-state index is 2.44. The van der Waals surface area contributed by atoms with Crippen molar-refractivity contribution in [3.05, 3.63) is 164 Å². The average Bonchev–Trinajstić information content (AvgIpc) is 3.05. The van der Waals surface area contributed by atoms with Gasteiger partial charge in [-0.2, -0.15) is 0 Å². The van der Waals surface area contributed by atoms with Crippen molar-refractivity contribution in [2.75, 3.05) is 4.90 Å². The van der Waals surface area contributed by atoms with Crippen molar-refractivity contribution in [3.63, 3.8) is 0 Å². The standard InChI is InChI=1S/C40H27N/c1-2-12-29(13-3-1)34-16-8-9-19-38(34)41(33-25-23-28-11-4-5-15-32(28)27-33)39-20-10-18-37-36(39)26-24-31-22-21-30-14-6-7-17-35(30)40(31)37/h1-27H. The number of benzene rings is 8. The Bertz CT molecular complexity index is 2210. The molecule has 0 amide bonds. The molecule has 1 heteroatoms. The molecule has 192 valence electrons. The van der Waals surface area contributed by atoms with Gasteiger partial charge in [-0.25, -0.2) is 0 Å². The highest BCUT2D eigenvalue weighted by molar-refractivity contribution is 6.22. The predicted molar refractivity (Wildman–Crippen MR) is 177 cm³/mol. The van der Waals surface area contributed by atoms with Crippen LogP contribution in [0.15, 0.2) is 164 Å². The van der Waals surface area contributed by atoms with Gasteiger partial charge in [0.05, 0.1) is 11.4 Å². The summed E-state index contributed by atoms with van der Waals surface area (Å²) in [5.41, 5.74) is 5.85. The Kier molecular flexibility index (Phi) is 5.53. The summed E-state index contributed by atoms with van der Waals surface area (Å²) in [6.45, 7) is 0. The minimum atomic E-state index is 1.14. The van der Waals surface area contributed by atoms with Gasteiger partial charge in [0.2, 0.25) is 0 Å². The van der Waals surface area contributed by atoms with Gasteiger partial charge in [0.15, 0.2) is 0 Å². The Balaban J connectivity index is 1.46. The Morgan fingerprint density at radius 1 is 0.341 bits per heavy atom. The summed E-state index contributed by atoms with van der Waals surface area (Å²) in [7, 11) is 0. The highest BCUT2D eigenvalue weighted by Crippen LogP contribution is 2.45. The molecular weight excluding hydrogens is 494 g/mol. The SMILES string of the molecule is c1ccc(-c2ccccc2N(c2ccc3ccccc3c2)c2cccc3c2ccc2ccc4ccccc4c23)cc1. The topological polar surface area (TPSA) is 3.24 Å². The monoisotopic (exact) mass is 521 g/mol. The number of hydrogen-bond acceptors (Lipinski definition) is 1. The second-order valence-electron chi connectivity index (χ2n) is 10.6. The zero-order valence-electron chi connectivity index (χ0n) is 22.5. The van der Waals surface area contributed by atoms with Crippen molar-refractivity contribution in [1.29, 1.82) is 0 Å². The predicted octanol–water partition coefficient (Wildman–Crippen LogP) is 11.4. The smallest absolute Gasteiger partial charge is 0.0540 e. The highest BCUT2D eigenvalue weighted by Gasteiger charge is 2.20. The van der Waals surface area contributed by atoms with E-state index in [0.29, 0.717) is 0 Å². The van der Waals surface area contributed by atoms with Crippen LogP contribution < -0.4 is 4.90 Å². The maximum Gasteiger partial charge on any atom is 0.0540 e. The van der Waals surface area contributed by atoms with Crippen molar-refractivity contribution in [2.45, 2.75) is 0 Å². The number of anilines is 3. The van der Waals surface area contributed by atoms with E-state index in [4.69, 9.17) is 0 Å². The molecule has 0 spiro atoms. The third kappa shape index (κ3) is 3.94. The molecule has 8 aromatic rings. The van der Waals surface area contributed by atoms with E-state index in [9.17, 15) is 0 Å². The zero-order valence-corrected chi connectivity index (χ0v) is 22.5. The zero-order chi connectivity index (χ0) is 27.2. The van der Waals surface area contributed by atoms with E-state index in [1.54, 1.807) is 0 Å². The Hall–Kier alpha value is -5.40. The first-order valence-electron chi connectivity index (χ1n) is 14.1. The van der Waals surface area contributed by atoms with E-state index in [-0.39, 0.29) is 0 Å². The molecule has 0 aliphatic rings. The van der Waals surface area contributed by atoms with Crippen LogP contribution in [0, 0.1) is 0 Å². The molecule has 0 aromatic heterocycles. The number of fused-ring (bicyclic) bond motifs is 6. The lowest BCUT2D eigenvalue weighted by atomic mass is 9.95. The van der Waals surface area contributed by atoms with E-state index < -0.39 is 0 Å². The van der Waals surface area contributed by atoms with Crippen LogP contribution in [0.25, 0.3) is 54.2 Å². The third-order valence-corrected chi connectivity index (χ3v) is 8.21. The fourth-order valence-electron chi connectivity index (χ4n) is 6.30. The van der Waals surface area contributed by atoms with E-state index in [2.05, 4.69) is 169 Å². The number of para-hydroxylation sites is 1. The van der Waals surface area contributed by atoms with E-state index in [0.717, 1.165) is 17.1 Å². The number of hydrogen-bond donors (Lipinski definition) is 0. The molecule has 0 radical (unpaired) electrons. The third-order valence-electron chi connectivity index (χ3n) is 8.21. The Morgan fingerprint density at radius 2 is 0.976 bits per heavy atom. The summed E-state index contributed by atoms with van der Waals surface area (Å²) in [6.07, 6.45) is 0. The minimum absolute atomic E-state index is 1.14. The van der Waals surface area contributed by atoms with Crippen LogP contribution in [-0.4, -0.2) is 0 Å². The molecule has 0 heterocycles. The summed E-state index contributed by atoms with van der Waals surface area (Å²) in [5, 5.41) is 10.1. The van der Waals surface area contributed by atoms with Crippen molar-refractivity contribution >= 4 is 60.2 Å². The molecule has 0 aliphatic heterocycles. The van der Waals surface area contributed by atoms with Gasteiger partial charge in [-0.15, -0.1) is 0 Å². The lowest BCUT2D eigenvalue weighted by Crippen LogP contribution is -2.11. The van der Waals surface area contributed by atoms with Crippen LogP contribution >= 0.6 is 0 Å². The second kappa shape index (κ2) is 9.66. The van der Waals surface area contributed by atoms with Gasteiger partial charge in [-0.05, 0) is 67.5 Å². The summed E-state index contributed by atoms with van der Waals surface area (Å²) in [4.78, 5) is 2.44. The molecule has 8 rings (SSSR count). The van der Waals surface area contributed by atoms with Gasteiger partial charge in [-0.3, -0.25) is 0 Å². The lowest BCUT2D eigenvalue weighted by Gasteiger charge is -2.29. The average molecular weight is 522 g/mol. The Labute approximate surface area is 239 Å². The lowest BCUT2D eigenvalue weighted by molar-refractivity contribution is 1.30. The normalized spacial score (nSPS) is 11.4. The first-order chi connectivity index (χ1) is 20.3. The first-order valence-corrected chi connectivity index (χ1v) is 14.1. The molecule has 0 saturated heterocycles. The fourth-order valence-corrected chi connectivity index (χ4v) is 6.30. The van der Waals surface area contributed by atoms with Crippen molar-refractivity contribution < 1.29 is 0 Å². The highest BCUT2D eigenvalue weighted by atomic mass is 15.1. The molecule has 0 bridgehead atoms.